The van der Waals surface area contributed by atoms with Gasteiger partial charge in [0.05, 0.1) is 23.6 Å². The summed E-state index contributed by atoms with van der Waals surface area (Å²) >= 11 is 0. The lowest BCUT2D eigenvalue weighted by Gasteiger charge is -2.32. The van der Waals surface area contributed by atoms with Crippen molar-refractivity contribution < 1.29 is 22.7 Å². The van der Waals surface area contributed by atoms with Gasteiger partial charge >= 0.3 is 0 Å². The molecule has 2 aromatic carbocycles. The lowest BCUT2D eigenvalue weighted by Crippen LogP contribution is -2.49. The number of hydrogen-bond donors (Lipinski definition) is 0. The summed E-state index contributed by atoms with van der Waals surface area (Å²) in [6.07, 6.45) is 3.03. The Morgan fingerprint density at radius 1 is 1.00 bits per heavy atom. The van der Waals surface area contributed by atoms with E-state index in [1.165, 1.54) is 16.4 Å². The molecule has 4 rings (SSSR count). The Hall–Kier alpha value is -2.71. The van der Waals surface area contributed by atoms with Crippen LogP contribution in [0, 0.1) is 0 Å². The predicted molar refractivity (Wildman–Crippen MR) is 116 cm³/mol. The van der Waals surface area contributed by atoms with Gasteiger partial charge in [0.25, 0.3) is 5.91 Å². The van der Waals surface area contributed by atoms with Gasteiger partial charge in [-0.25, -0.2) is 13.3 Å². The monoisotopic (exact) mass is 442 g/mol. The number of hydrogen-bond acceptors (Lipinski definition) is 5. The van der Waals surface area contributed by atoms with Gasteiger partial charge in [0.15, 0.2) is 0 Å². The fourth-order valence-electron chi connectivity index (χ4n) is 4.44. The molecule has 1 saturated carbocycles. The van der Waals surface area contributed by atoms with Crippen molar-refractivity contribution in [2.75, 3.05) is 11.5 Å². The number of ether oxygens (including phenoxy) is 1. The van der Waals surface area contributed by atoms with E-state index < -0.39 is 27.9 Å². The third-order valence-electron chi connectivity index (χ3n) is 5.84. The van der Waals surface area contributed by atoms with E-state index in [-0.39, 0.29) is 17.4 Å². The molecular formula is C23H26N2O5S. The molecule has 164 valence electrons. The van der Waals surface area contributed by atoms with Gasteiger partial charge in [-0.15, -0.1) is 0 Å². The molecule has 2 amide bonds. The maximum atomic E-state index is 13.5. The third-order valence-corrected chi connectivity index (χ3v) is 7.81. The van der Waals surface area contributed by atoms with E-state index in [1.807, 2.05) is 6.92 Å². The van der Waals surface area contributed by atoms with Crippen molar-refractivity contribution in [1.29, 1.82) is 0 Å². The summed E-state index contributed by atoms with van der Waals surface area (Å²) in [5.74, 6) is -0.257. The second-order valence-corrected chi connectivity index (χ2v) is 9.64. The Morgan fingerprint density at radius 3 is 2.26 bits per heavy atom. The van der Waals surface area contributed by atoms with Gasteiger partial charge in [-0.05, 0) is 56.2 Å². The van der Waals surface area contributed by atoms with E-state index >= 15 is 0 Å². The highest BCUT2D eigenvalue weighted by Crippen LogP contribution is 2.35. The van der Waals surface area contributed by atoms with Crippen molar-refractivity contribution in [3.63, 3.8) is 0 Å². The minimum atomic E-state index is -3.93. The first kappa shape index (κ1) is 21.5. The molecule has 1 aliphatic carbocycles. The first-order valence-electron chi connectivity index (χ1n) is 10.6. The maximum absolute atomic E-state index is 13.5. The molecule has 1 unspecified atom stereocenters. The molecule has 2 fully saturated rings. The molecular weight excluding hydrogens is 416 g/mol. The topological polar surface area (TPSA) is 84.0 Å². The third kappa shape index (κ3) is 4.09. The van der Waals surface area contributed by atoms with Gasteiger partial charge < -0.3 is 4.74 Å². The lowest BCUT2D eigenvalue weighted by molar-refractivity contribution is -0.122. The molecule has 8 heteroatoms. The summed E-state index contributed by atoms with van der Waals surface area (Å²) in [5, 5.41) is 0. The summed E-state index contributed by atoms with van der Waals surface area (Å²) < 4.78 is 33.8. The van der Waals surface area contributed by atoms with Crippen LogP contribution in [0.1, 0.15) is 39.0 Å². The van der Waals surface area contributed by atoms with Crippen molar-refractivity contribution in [3.05, 3.63) is 54.6 Å². The minimum Gasteiger partial charge on any atom is -0.494 e. The first-order chi connectivity index (χ1) is 14.9. The van der Waals surface area contributed by atoms with Crippen molar-refractivity contribution >= 4 is 27.5 Å². The van der Waals surface area contributed by atoms with E-state index in [0.717, 1.165) is 17.7 Å². The highest BCUT2D eigenvalue weighted by atomic mass is 32.2. The van der Waals surface area contributed by atoms with Crippen LogP contribution in [0.15, 0.2) is 59.5 Å². The average molecular weight is 443 g/mol. The Labute approximate surface area is 182 Å². The standard InChI is InChI=1S/C23H26N2O5S/c1-2-30-19-14-12-17(13-15-19)24-22(26)16-21(23(24)27)25(18-8-6-7-9-18)31(28,29)20-10-4-3-5-11-20/h3-5,10-15,18,21H,2,6-9,16H2,1H3. The normalized spacial score (nSPS) is 20.1. The van der Waals surface area contributed by atoms with E-state index in [2.05, 4.69) is 0 Å². The molecule has 1 heterocycles. The van der Waals surface area contributed by atoms with Crippen molar-refractivity contribution in [1.82, 2.24) is 4.31 Å². The second-order valence-electron chi connectivity index (χ2n) is 7.80. The van der Waals surface area contributed by atoms with Crippen molar-refractivity contribution in [2.45, 2.75) is 56.0 Å². The van der Waals surface area contributed by atoms with E-state index in [4.69, 9.17) is 4.74 Å². The zero-order chi connectivity index (χ0) is 22.0. The van der Waals surface area contributed by atoms with Crippen LogP contribution in [0.3, 0.4) is 0 Å². The fraction of sp³-hybridized carbons (Fsp3) is 0.391. The Balaban J connectivity index is 1.68. The van der Waals surface area contributed by atoms with Crippen LogP contribution in [0.25, 0.3) is 0 Å². The van der Waals surface area contributed by atoms with Crippen LogP contribution in [-0.2, 0) is 19.6 Å². The van der Waals surface area contributed by atoms with Gasteiger partial charge in [0, 0.05) is 6.04 Å². The fourth-order valence-corrected chi connectivity index (χ4v) is 6.28. The highest BCUT2D eigenvalue weighted by Gasteiger charge is 2.49. The highest BCUT2D eigenvalue weighted by molar-refractivity contribution is 7.89. The summed E-state index contributed by atoms with van der Waals surface area (Å²) in [7, 11) is -3.93. The van der Waals surface area contributed by atoms with Crippen LogP contribution >= 0.6 is 0 Å². The molecule has 2 aliphatic rings. The second kappa shape index (κ2) is 8.80. The van der Waals surface area contributed by atoms with Crippen molar-refractivity contribution in [2.24, 2.45) is 0 Å². The van der Waals surface area contributed by atoms with Gasteiger partial charge in [-0.3, -0.25) is 9.59 Å². The number of rotatable bonds is 7. The zero-order valence-corrected chi connectivity index (χ0v) is 18.3. The van der Waals surface area contributed by atoms with Gasteiger partial charge in [0.2, 0.25) is 15.9 Å². The van der Waals surface area contributed by atoms with Crippen LogP contribution < -0.4 is 9.64 Å². The molecule has 0 N–H and O–H groups in total. The van der Waals surface area contributed by atoms with Crippen LogP contribution in [0.2, 0.25) is 0 Å². The first-order valence-corrected chi connectivity index (χ1v) is 12.1. The molecule has 7 nitrogen and oxygen atoms in total. The van der Waals surface area contributed by atoms with Gasteiger partial charge in [-0.2, -0.15) is 4.31 Å². The molecule has 0 radical (unpaired) electrons. The lowest BCUT2D eigenvalue weighted by atomic mass is 10.2. The quantitative estimate of drug-likeness (QED) is 0.614. The van der Waals surface area contributed by atoms with Crippen LogP contribution in [-0.4, -0.2) is 43.2 Å². The largest absolute Gasteiger partial charge is 0.494 e. The Morgan fingerprint density at radius 2 is 1.65 bits per heavy atom. The summed E-state index contributed by atoms with van der Waals surface area (Å²) in [6, 6.07) is 13.5. The van der Waals surface area contributed by atoms with E-state index in [1.54, 1.807) is 42.5 Å². The number of nitrogens with zero attached hydrogens (tertiary/aromatic N) is 2. The molecule has 1 saturated heterocycles. The number of amides is 2. The Kier molecular flexibility index (Phi) is 6.11. The van der Waals surface area contributed by atoms with E-state index in [0.29, 0.717) is 30.9 Å². The molecule has 31 heavy (non-hydrogen) atoms. The van der Waals surface area contributed by atoms with E-state index in [9.17, 15) is 18.0 Å². The van der Waals surface area contributed by atoms with Crippen molar-refractivity contribution in [3.8, 4) is 5.75 Å². The molecule has 2 aromatic rings. The summed E-state index contributed by atoms with van der Waals surface area (Å²) in [5.41, 5.74) is 0.421. The smallest absolute Gasteiger partial charge is 0.252 e. The van der Waals surface area contributed by atoms with Crippen LogP contribution in [0.5, 0.6) is 5.75 Å². The van der Waals surface area contributed by atoms with Gasteiger partial charge in [0.1, 0.15) is 11.8 Å². The summed E-state index contributed by atoms with van der Waals surface area (Å²) in [4.78, 5) is 27.5. The zero-order valence-electron chi connectivity index (χ0n) is 17.4. The molecule has 0 aromatic heterocycles. The summed E-state index contributed by atoms with van der Waals surface area (Å²) in [6.45, 7) is 2.38. The average Bonchev–Trinajstić information content (AvgIpc) is 3.38. The number of carbonyl (C=O) groups excluding carboxylic acids is 2. The molecule has 1 aliphatic heterocycles. The molecule has 1 atom stereocenters. The minimum absolute atomic E-state index is 0.140. The number of imide groups is 1. The number of anilines is 1. The number of sulfonamides is 1. The number of carbonyl (C=O) groups is 2. The number of benzene rings is 2. The maximum Gasteiger partial charge on any atom is 0.252 e. The molecule has 0 bridgehead atoms. The van der Waals surface area contributed by atoms with Gasteiger partial charge in [-0.1, -0.05) is 31.0 Å². The Bertz CT molecular complexity index is 1050. The van der Waals surface area contributed by atoms with Crippen LogP contribution in [0.4, 0.5) is 5.69 Å². The molecule has 0 spiro atoms. The predicted octanol–water partition coefficient (Wildman–Crippen LogP) is 3.35. The SMILES string of the molecule is CCOc1ccc(N2C(=O)CC(N(C3CCCC3)S(=O)(=O)c3ccccc3)C2=O)cc1.